The van der Waals surface area contributed by atoms with Crippen LogP contribution in [0.5, 0.6) is 28.7 Å². The third-order valence-electron chi connectivity index (χ3n) is 5.22. The Bertz CT molecular complexity index is 938. The van der Waals surface area contributed by atoms with Crippen LogP contribution in [-0.2, 0) is 5.60 Å². The molecule has 1 unspecified atom stereocenters. The van der Waals surface area contributed by atoms with E-state index in [0.717, 1.165) is 0 Å². The Morgan fingerprint density at radius 3 is 1.85 bits per heavy atom. The van der Waals surface area contributed by atoms with Gasteiger partial charge < -0.3 is 33.9 Å². The van der Waals surface area contributed by atoms with Gasteiger partial charge in [0.15, 0.2) is 17.2 Å². The van der Waals surface area contributed by atoms with E-state index in [1.54, 1.807) is 12.1 Å². The predicted octanol–water partition coefficient (Wildman–Crippen LogP) is 3.43. The number of rotatable bonds is 13. The smallest absolute Gasteiger partial charge is 0.315 e. The van der Waals surface area contributed by atoms with Gasteiger partial charge in [-0.2, -0.15) is 0 Å². The van der Waals surface area contributed by atoms with Gasteiger partial charge in [0.1, 0.15) is 5.60 Å². The Labute approximate surface area is 192 Å². The first-order chi connectivity index (χ1) is 15.8. The molecule has 0 saturated heterocycles. The molecule has 2 rings (SSSR count). The van der Waals surface area contributed by atoms with E-state index < -0.39 is 10.5 Å². The van der Waals surface area contributed by atoms with Gasteiger partial charge in [-0.3, -0.25) is 10.1 Å². The van der Waals surface area contributed by atoms with Gasteiger partial charge >= 0.3 is 5.69 Å². The second-order valence-corrected chi connectivity index (χ2v) is 7.23. The van der Waals surface area contributed by atoms with E-state index in [-0.39, 0.29) is 48.8 Å². The van der Waals surface area contributed by atoms with Crippen LogP contribution in [-0.4, -0.2) is 56.8 Å². The van der Waals surface area contributed by atoms with E-state index in [1.165, 1.54) is 40.6 Å². The minimum Gasteiger partial charge on any atom is -0.493 e. The summed E-state index contributed by atoms with van der Waals surface area (Å²) in [5, 5.41) is 33.2. The summed E-state index contributed by atoms with van der Waals surface area (Å²) in [6.45, 7) is 1.95. The van der Waals surface area contributed by atoms with Crippen LogP contribution in [0.15, 0.2) is 24.3 Å². The summed E-state index contributed by atoms with van der Waals surface area (Å²) in [5.74, 6) is 1.04. The lowest BCUT2D eigenvalue weighted by Crippen LogP contribution is -2.28. The highest BCUT2D eigenvalue weighted by atomic mass is 16.6. The van der Waals surface area contributed by atoms with E-state index in [1.807, 2.05) is 6.92 Å². The second kappa shape index (κ2) is 11.6. The average molecular weight is 465 g/mol. The van der Waals surface area contributed by atoms with Gasteiger partial charge in [0.25, 0.3) is 0 Å². The highest BCUT2D eigenvalue weighted by Gasteiger charge is 2.37. The number of hydrogen-bond donors (Lipinski definition) is 2. The summed E-state index contributed by atoms with van der Waals surface area (Å²) in [5.41, 5.74) is -1.56. The van der Waals surface area contributed by atoms with Crippen LogP contribution in [0.25, 0.3) is 0 Å². The second-order valence-electron chi connectivity index (χ2n) is 7.23. The summed E-state index contributed by atoms with van der Waals surface area (Å²) in [4.78, 5) is 11.3. The van der Waals surface area contributed by atoms with Crippen molar-refractivity contribution in [3.63, 3.8) is 0 Å². The van der Waals surface area contributed by atoms with Crippen molar-refractivity contribution in [3.8, 4) is 28.7 Å². The normalized spacial score (nSPS) is 12.6. The molecule has 2 N–H and O–H groups in total. The molecule has 0 bridgehead atoms. The van der Waals surface area contributed by atoms with Crippen molar-refractivity contribution in [1.29, 1.82) is 0 Å². The quantitative estimate of drug-likeness (QED) is 0.337. The van der Waals surface area contributed by atoms with Crippen LogP contribution in [0.1, 0.15) is 37.3 Å². The van der Waals surface area contributed by atoms with Gasteiger partial charge in [0, 0.05) is 12.7 Å². The number of benzene rings is 2. The van der Waals surface area contributed by atoms with Crippen LogP contribution in [0.2, 0.25) is 0 Å². The zero-order valence-corrected chi connectivity index (χ0v) is 19.5. The molecule has 0 aromatic heterocycles. The molecule has 0 aliphatic rings. The minimum absolute atomic E-state index is 0.0116. The molecule has 2 aromatic carbocycles. The topological polar surface area (TPSA) is 130 Å². The summed E-state index contributed by atoms with van der Waals surface area (Å²) >= 11 is 0. The fourth-order valence-corrected chi connectivity index (χ4v) is 3.57. The first-order valence-electron chi connectivity index (χ1n) is 10.4. The maximum Gasteiger partial charge on any atom is 0.315 e. The highest BCUT2D eigenvalue weighted by molar-refractivity contribution is 5.62. The van der Waals surface area contributed by atoms with Gasteiger partial charge in [-0.05, 0) is 48.6 Å². The Morgan fingerprint density at radius 2 is 1.42 bits per heavy atom. The Kier molecular flexibility index (Phi) is 9.12. The van der Waals surface area contributed by atoms with Gasteiger partial charge in [-0.25, -0.2) is 0 Å². The fraction of sp³-hybridized carbons (Fsp3) is 0.478. The number of aliphatic hydroxyl groups is 2. The monoisotopic (exact) mass is 465 g/mol. The molecule has 0 amide bonds. The molecule has 2 aromatic rings. The van der Waals surface area contributed by atoms with E-state index in [9.17, 15) is 20.3 Å². The van der Waals surface area contributed by atoms with Gasteiger partial charge in [-0.1, -0.05) is 6.92 Å². The minimum atomic E-state index is -1.75. The Balaban J connectivity index is 2.81. The number of nitro groups is 1. The van der Waals surface area contributed by atoms with Crippen molar-refractivity contribution in [1.82, 2.24) is 0 Å². The third-order valence-corrected chi connectivity index (χ3v) is 5.22. The molecule has 0 radical (unpaired) electrons. The van der Waals surface area contributed by atoms with E-state index >= 15 is 0 Å². The van der Waals surface area contributed by atoms with Crippen LogP contribution in [0, 0.1) is 10.1 Å². The summed E-state index contributed by atoms with van der Waals surface area (Å²) in [6, 6.07) is 5.89. The molecule has 33 heavy (non-hydrogen) atoms. The lowest BCUT2D eigenvalue weighted by Gasteiger charge is -2.31. The number of hydrogen-bond acceptors (Lipinski definition) is 9. The molecule has 0 fully saturated rings. The Hall–Kier alpha value is -3.24. The number of nitro benzene ring substituents is 1. The molecule has 0 aliphatic carbocycles. The lowest BCUT2D eigenvalue weighted by atomic mass is 9.82. The first-order valence-corrected chi connectivity index (χ1v) is 10.4. The maximum absolute atomic E-state index is 11.9. The fourth-order valence-electron chi connectivity index (χ4n) is 3.57. The summed E-state index contributed by atoms with van der Waals surface area (Å²) in [7, 11) is 5.72. The third kappa shape index (κ3) is 5.40. The number of nitrogens with zero attached hydrogens (tertiary/aromatic N) is 1. The van der Waals surface area contributed by atoms with Gasteiger partial charge in [-0.15, -0.1) is 0 Å². The number of methoxy groups -OCH3 is 4. The molecule has 1 atom stereocenters. The van der Waals surface area contributed by atoms with Gasteiger partial charge in [0.05, 0.1) is 40.0 Å². The van der Waals surface area contributed by atoms with Crippen molar-refractivity contribution < 1.29 is 38.8 Å². The molecule has 10 heteroatoms. The maximum atomic E-state index is 11.9. The molecule has 0 saturated carbocycles. The molecule has 0 spiro atoms. The highest BCUT2D eigenvalue weighted by Crippen LogP contribution is 2.47. The largest absolute Gasteiger partial charge is 0.493 e. The van der Waals surface area contributed by atoms with Crippen LogP contribution < -0.4 is 23.7 Å². The molecule has 0 aliphatic heterocycles. The number of ether oxygens (including phenoxy) is 5. The van der Waals surface area contributed by atoms with E-state index in [4.69, 9.17) is 23.7 Å². The predicted molar refractivity (Wildman–Crippen MR) is 121 cm³/mol. The summed E-state index contributed by atoms with van der Waals surface area (Å²) in [6.07, 6.45) is 0.920. The van der Waals surface area contributed by atoms with Crippen LogP contribution >= 0.6 is 0 Å². The zero-order chi connectivity index (χ0) is 24.6. The van der Waals surface area contributed by atoms with Crippen molar-refractivity contribution in [3.05, 3.63) is 45.5 Å². The van der Waals surface area contributed by atoms with Crippen molar-refractivity contribution in [2.24, 2.45) is 0 Å². The van der Waals surface area contributed by atoms with Crippen molar-refractivity contribution >= 4 is 5.69 Å². The zero-order valence-electron chi connectivity index (χ0n) is 19.5. The molecule has 0 heterocycles. The van der Waals surface area contributed by atoms with Crippen LogP contribution in [0.4, 0.5) is 5.69 Å². The van der Waals surface area contributed by atoms with E-state index in [0.29, 0.717) is 29.2 Å². The lowest BCUT2D eigenvalue weighted by molar-refractivity contribution is -0.386. The van der Waals surface area contributed by atoms with Crippen molar-refractivity contribution in [2.75, 3.05) is 41.7 Å². The average Bonchev–Trinajstić information content (AvgIpc) is 2.84. The Morgan fingerprint density at radius 1 is 0.909 bits per heavy atom. The molecule has 10 nitrogen and oxygen atoms in total. The van der Waals surface area contributed by atoms with E-state index in [2.05, 4.69) is 0 Å². The van der Waals surface area contributed by atoms with Crippen molar-refractivity contribution in [2.45, 2.75) is 31.8 Å². The first kappa shape index (κ1) is 26.0. The SMILES string of the molecule is CCCOc1c(OC)cc(C(O)(CCCO)c2cc(OC)c(OC)c(OC)c2)cc1[N+](=O)[O-]. The number of aliphatic hydroxyl groups excluding tert-OH is 1. The van der Waals surface area contributed by atoms with Gasteiger partial charge in [0.2, 0.25) is 11.5 Å². The standard InChI is InChI=1S/C23H31NO9/c1-6-10-33-21-17(24(27)28)11-15(12-18(21)29-2)23(26,8-7-9-25)16-13-19(30-3)22(32-5)20(14-16)31-4/h11-14,25-26H,6-10H2,1-5H3. The molecular formula is C23H31NO9. The van der Waals surface area contributed by atoms with Crippen LogP contribution in [0.3, 0.4) is 0 Å². The molecular weight excluding hydrogens is 434 g/mol. The summed E-state index contributed by atoms with van der Waals surface area (Å²) < 4.78 is 27.1. The molecule has 182 valence electrons.